The van der Waals surface area contributed by atoms with E-state index in [1.165, 1.54) is 92.9 Å². The van der Waals surface area contributed by atoms with Gasteiger partial charge in [-0.1, -0.05) is 167 Å². The van der Waals surface area contributed by atoms with Crippen LogP contribution in [-0.2, 0) is 72.0 Å². The standard InChI is InChI=1S/C8H9NO3S.C8H9NO2S2.C8H9NOS3.C7H7NO4S.C7H7NO3S2.C7H7NO2S3.C7H7NO2S2/c3*1-3-6-7(11)9(4-5(2)10)8(12)13-6;1-3-5-6(10)8(7(11)13-5)12-4(2)9;1-3-5-6(10)8(7(12)13-5)11-4(2)9;1-3-5-6(11)8(7(12)13-5)10-4(2)9;1-3-5-6(10)8(4(2)9)7(11)12-5/h3*3H,4H2,1-2H3;3*3H,1-2H3;3H,1-2H3/b2*6-3+;6-3-;4*5-3+. The van der Waals surface area contributed by atoms with Crippen LogP contribution in [0.15, 0.2) is 76.9 Å². The minimum Gasteiger partial charge on any atom is -0.334 e. The van der Waals surface area contributed by atoms with Crippen LogP contribution in [0.25, 0.3) is 0 Å². The Morgan fingerprint density at radius 3 is 1.00 bits per heavy atom. The third kappa shape index (κ3) is 24.9. The molecular weight excluding hydrogens is 1440 g/mol. The van der Waals surface area contributed by atoms with E-state index in [-0.39, 0.29) is 74.4 Å². The Morgan fingerprint density at radius 1 is 0.333 bits per heavy atom. The van der Waals surface area contributed by atoms with Crippen molar-refractivity contribution in [3.05, 3.63) is 76.9 Å². The molecule has 90 heavy (non-hydrogen) atoms. The molecule has 7 fully saturated rings. The number of amides is 8. The quantitative estimate of drug-likeness (QED) is 0.153. The monoisotopic (exact) mass is 1500 g/mol. The predicted octanol–water partition coefficient (Wildman–Crippen LogP) is 10.3. The number of nitrogens with zero attached hydrogens (tertiary/aromatic N) is 7. The Hall–Kier alpha value is -5.36. The highest BCUT2D eigenvalue weighted by molar-refractivity contribution is 8.28. The lowest BCUT2D eigenvalue weighted by atomic mass is 10.4. The zero-order valence-corrected chi connectivity index (χ0v) is 61.4. The van der Waals surface area contributed by atoms with Crippen molar-refractivity contribution in [1.82, 2.24) is 34.8 Å². The first-order chi connectivity index (χ1) is 41.9. The molecule has 8 amide bonds. The second kappa shape index (κ2) is 39.9. The summed E-state index contributed by atoms with van der Waals surface area (Å²) in [4.78, 5) is 178. The number of hydrogen-bond donors (Lipinski definition) is 0. The molecule has 0 radical (unpaired) electrons. The van der Waals surface area contributed by atoms with E-state index in [1.54, 1.807) is 63.8 Å². The first kappa shape index (κ1) is 82.7. The molecule has 24 nitrogen and oxygen atoms in total. The first-order valence-electron chi connectivity index (χ1n) is 25.0. The van der Waals surface area contributed by atoms with E-state index in [0.717, 1.165) is 78.6 Å². The highest BCUT2D eigenvalue weighted by atomic mass is 32.2. The average molecular weight is 1500 g/mol. The molecule has 0 atom stereocenters. The van der Waals surface area contributed by atoms with Gasteiger partial charge in [0, 0.05) is 37.5 Å². The van der Waals surface area contributed by atoms with Gasteiger partial charge in [0.05, 0.1) is 44.2 Å². The molecule has 0 N–H and O–H groups in total. The summed E-state index contributed by atoms with van der Waals surface area (Å²) in [5.41, 5.74) is 0. The molecule has 0 aliphatic carbocycles. The van der Waals surface area contributed by atoms with Gasteiger partial charge >= 0.3 is 29.1 Å². The largest absolute Gasteiger partial charge is 0.334 e. The van der Waals surface area contributed by atoms with Crippen LogP contribution in [0.1, 0.15) is 96.9 Å². The lowest BCUT2D eigenvalue weighted by Gasteiger charge is -2.13. The van der Waals surface area contributed by atoms with Gasteiger partial charge in [0.2, 0.25) is 5.91 Å². The average Bonchev–Trinajstić information content (AvgIpc) is 3.43. The summed E-state index contributed by atoms with van der Waals surface area (Å²) < 4.78 is 2.16. The first-order valence-corrected chi connectivity index (χ1v) is 33.6. The summed E-state index contributed by atoms with van der Waals surface area (Å²) in [6, 6.07) is 0. The molecule has 484 valence electrons. The Balaban J connectivity index is 0.000000525. The molecule has 0 aromatic rings. The molecule has 0 aromatic carbocycles. The van der Waals surface area contributed by atoms with Crippen LogP contribution in [0.4, 0.5) is 9.59 Å². The zero-order valence-electron chi connectivity index (χ0n) is 49.9. The van der Waals surface area contributed by atoms with E-state index in [1.807, 2.05) is 26.0 Å². The minimum absolute atomic E-state index is 0.0614. The van der Waals surface area contributed by atoms with Crippen molar-refractivity contribution in [2.24, 2.45) is 0 Å². The van der Waals surface area contributed by atoms with Gasteiger partial charge in [-0.3, -0.25) is 62.5 Å². The predicted molar refractivity (Wildman–Crippen MR) is 379 cm³/mol. The van der Waals surface area contributed by atoms with Gasteiger partial charge in [-0.05, 0) is 117 Å². The van der Waals surface area contributed by atoms with Crippen molar-refractivity contribution in [3.8, 4) is 0 Å². The van der Waals surface area contributed by atoms with Crippen LogP contribution in [0.5, 0.6) is 0 Å². The number of imide groups is 3. The van der Waals surface area contributed by atoms with Crippen LogP contribution in [-0.4, -0.2) is 167 Å². The fourth-order valence-corrected chi connectivity index (χ4v) is 14.2. The normalized spacial score (nSPS) is 20.1. The molecule has 0 spiro atoms. The highest BCUT2D eigenvalue weighted by Crippen LogP contribution is 2.36. The Labute approximate surface area is 585 Å². The zero-order chi connectivity index (χ0) is 69.3. The molecule has 7 aliphatic rings. The lowest BCUT2D eigenvalue weighted by Crippen LogP contribution is -2.32. The maximum atomic E-state index is 11.5. The van der Waals surface area contributed by atoms with Crippen LogP contribution in [0.3, 0.4) is 0 Å². The number of carbonyl (C=O) groups excluding carboxylic acids is 14. The lowest BCUT2D eigenvalue weighted by molar-refractivity contribution is -0.178. The number of hydroxylamine groups is 6. The van der Waals surface area contributed by atoms with Crippen molar-refractivity contribution in [2.75, 3.05) is 19.6 Å². The fourth-order valence-electron chi connectivity index (χ4n) is 5.94. The van der Waals surface area contributed by atoms with Gasteiger partial charge in [-0.2, -0.15) is 0 Å². The summed E-state index contributed by atoms with van der Waals surface area (Å²) in [5.74, 6) is -4.00. The SMILES string of the molecule is C/C=C1/SC(=O)N(CC(C)=O)C1=O.C/C=C1/SC(=O)N(OC(C)=O)C1=O.C/C=C1/SC(=S)N(C(C)=O)C1=O.C/C=C1/SC(=S)N(CC(C)=O)C1=O.C/C=C1/SC(=S)N(OC(C)=O)C1=O.C/C=C1/SC(=S)N(OC(C)=O)C1=S.C/C=C1\SC(=S)N(CC(C)=O)C1=S. The van der Waals surface area contributed by atoms with Crippen molar-refractivity contribution < 1.29 is 81.6 Å². The van der Waals surface area contributed by atoms with Crippen molar-refractivity contribution in [1.29, 1.82) is 0 Å². The molecule has 0 bridgehead atoms. The molecule has 7 aliphatic heterocycles. The number of allylic oxidation sites excluding steroid dienone is 7. The van der Waals surface area contributed by atoms with E-state index in [2.05, 4.69) is 9.68 Å². The summed E-state index contributed by atoms with van der Waals surface area (Å²) in [5, 5.41) is 1.54. The number of rotatable bonds is 9. The maximum Gasteiger partial charge on any atom is 0.330 e. The summed E-state index contributed by atoms with van der Waals surface area (Å²) in [6.07, 6.45) is 11.8. The molecule has 7 rings (SSSR count). The van der Waals surface area contributed by atoms with Gasteiger partial charge in [0.25, 0.3) is 28.9 Å². The molecule has 7 heterocycles. The second-order valence-electron chi connectivity index (χ2n) is 16.6. The second-order valence-corrected chi connectivity index (χ2v) is 27.8. The molecular formula is C52H55N7O17S14. The van der Waals surface area contributed by atoms with E-state index in [9.17, 15) is 67.1 Å². The minimum atomic E-state index is -0.695. The van der Waals surface area contributed by atoms with Crippen LogP contribution in [0.2, 0.25) is 0 Å². The van der Waals surface area contributed by atoms with Gasteiger partial charge in [-0.15, -0.1) is 10.1 Å². The smallest absolute Gasteiger partial charge is 0.330 e. The van der Waals surface area contributed by atoms with Gasteiger partial charge in [-0.25, -0.2) is 19.3 Å². The fraction of sp³-hybridized carbons (Fsp3) is 0.327. The number of carbonyl (C=O) groups is 14. The Morgan fingerprint density at radius 2 is 0.633 bits per heavy atom. The van der Waals surface area contributed by atoms with E-state index < -0.39 is 29.1 Å². The van der Waals surface area contributed by atoms with Crippen molar-refractivity contribution >= 4 is 281 Å². The van der Waals surface area contributed by atoms with Crippen LogP contribution >= 0.6 is 168 Å². The van der Waals surface area contributed by atoms with E-state index in [4.69, 9.17) is 90.4 Å². The molecule has 0 aromatic heterocycles. The van der Waals surface area contributed by atoms with Gasteiger partial charge < -0.3 is 19.4 Å². The number of hydrogen-bond acceptors (Lipinski definition) is 31. The number of ketones is 3. The third-order valence-electron chi connectivity index (χ3n) is 9.64. The number of Topliss-reactive ketones (excluding diaryl/α,β-unsaturated/α-hetero) is 3. The third-order valence-corrected chi connectivity index (χ3v) is 19.9. The van der Waals surface area contributed by atoms with E-state index in [0.29, 0.717) is 58.5 Å². The van der Waals surface area contributed by atoms with Crippen molar-refractivity contribution in [3.63, 3.8) is 0 Å². The summed E-state index contributed by atoms with van der Waals surface area (Å²) >= 11 is 42.8. The topological polar surface area (TPSA) is 289 Å². The molecule has 38 heteroatoms. The molecule has 7 saturated heterocycles. The Bertz CT molecular complexity index is 2890. The van der Waals surface area contributed by atoms with E-state index >= 15 is 0 Å². The molecule has 0 saturated carbocycles. The van der Waals surface area contributed by atoms with Crippen molar-refractivity contribution in [2.45, 2.75) is 96.9 Å². The summed E-state index contributed by atoms with van der Waals surface area (Å²) in [7, 11) is 0. The van der Waals surface area contributed by atoms with Gasteiger partial charge in [0.1, 0.15) is 31.0 Å². The molecule has 0 unspecified atom stereocenters. The van der Waals surface area contributed by atoms with Gasteiger partial charge in [0.15, 0.2) is 18.0 Å². The number of thioether (sulfide) groups is 7. The highest BCUT2D eigenvalue weighted by Gasteiger charge is 2.39. The van der Waals surface area contributed by atoms with Crippen LogP contribution in [0, 0.1) is 0 Å². The van der Waals surface area contributed by atoms with Crippen LogP contribution < -0.4 is 0 Å². The maximum absolute atomic E-state index is 11.5. The summed E-state index contributed by atoms with van der Waals surface area (Å²) in [6.45, 7) is 21.9. The Kier molecular flexibility index (Phi) is 36.6. The number of thiocarbonyl (C=S) groups is 7.